The van der Waals surface area contributed by atoms with Crippen molar-refractivity contribution in [1.29, 1.82) is 0 Å². The van der Waals surface area contributed by atoms with E-state index in [0.29, 0.717) is 5.75 Å². The third-order valence-corrected chi connectivity index (χ3v) is 2.81. The summed E-state index contributed by atoms with van der Waals surface area (Å²) in [5.74, 6) is 4.39. The lowest BCUT2D eigenvalue weighted by Gasteiger charge is -2.01. The zero-order chi connectivity index (χ0) is 17.9. The molecule has 2 rings (SSSR count). The van der Waals surface area contributed by atoms with Gasteiger partial charge in [-0.3, -0.25) is 4.42 Å². The molecule has 0 saturated carbocycles. The van der Waals surface area contributed by atoms with Crippen LogP contribution in [0.2, 0.25) is 0 Å². The molecule has 8 nitrogen and oxygen atoms in total. The van der Waals surface area contributed by atoms with Crippen LogP contribution >= 0.6 is 0 Å². The zero-order valence-electron chi connectivity index (χ0n) is 13.3. The molecule has 24 heavy (non-hydrogen) atoms. The van der Waals surface area contributed by atoms with E-state index in [0.717, 1.165) is 11.1 Å². The molecule has 0 unspecified atom stereocenters. The van der Waals surface area contributed by atoms with E-state index in [2.05, 4.69) is 15.8 Å². The van der Waals surface area contributed by atoms with Crippen LogP contribution in [0.4, 0.5) is 0 Å². The van der Waals surface area contributed by atoms with Crippen LogP contribution in [0, 0.1) is 0 Å². The Morgan fingerprint density at radius 1 is 1.00 bits per heavy atom. The van der Waals surface area contributed by atoms with Crippen LogP contribution in [0.15, 0.2) is 36.4 Å². The maximum Gasteiger partial charge on any atom is 0.316 e. The first-order valence-electron chi connectivity index (χ1n) is 6.74. The first-order chi connectivity index (χ1) is 11.5. The fourth-order valence-corrected chi connectivity index (χ4v) is 1.66. The Morgan fingerprint density at radius 3 is 2.25 bits per heavy atom. The molecular weight excluding hydrogens is 318 g/mol. The second-order valence-corrected chi connectivity index (χ2v) is 4.45. The number of benzene rings is 2. The molecule has 0 aromatic heterocycles. The Labute approximate surface area is 138 Å². The quantitative estimate of drug-likeness (QED) is 0.215. The Morgan fingerprint density at radius 2 is 1.67 bits per heavy atom. The molecule has 2 aromatic carbocycles. The van der Waals surface area contributed by atoms with Gasteiger partial charge in [0, 0.05) is 0 Å². The number of aromatic hydroxyl groups is 3. The number of ether oxygens (including phenoxy) is 1. The minimum Gasteiger partial charge on any atom is -0.504 e. The molecule has 0 bridgehead atoms. The van der Waals surface area contributed by atoms with Crippen LogP contribution in [0.1, 0.15) is 15.6 Å². The molecule has 0 saturated heterocycles. The van der Waals surface area contributed by atoms with Crippen LogP contribution in [0.3, 0.4) is 0 Å². The lowest BCUT2D eigenvalue weighted by atomic mass is 10.2. The summed E-state index contributed by atoms with van der Waals surface area (Å²) in [5, 5.41) is 28.0. The van der Waals surface area contributed by atoms with Crippen molar-refractivity contribution in [3.63, 3.8) is 0 Å². The van der Waals surface area contributed by atoms with Gasteiger partial charge in [-0.1, -0.05) is 0 Å². The van der Waals surface area contributed by atoms with Crippen molar-refractivity contribution < 1.29 is 34.4 Å². The Balaban J connectivity index is 0.000000648. The molecule has 0 fully saturated rings. The Kier molecular flexibility index (Phi) is 8.06. The topological polar surface area (TPSA) is 126 Å². The fraction of sp³-hybridized carbons (Fsp3) is 0.188. The lowest BCUT2D eigenvalue weighted by molar-refractivity contribution is -0.282. The monoisotopic (exact) mass is 338 g/mol. The first kappa shape index (κ1) is 19.2. The van der Waals surface area contributed by atoms with Crippen molar-refractivity contribution in [3.8, 4) is 23.0 Å². The molecule has 0 heterocycles. The van der Waals surface area contributed by atoms with Crippen molar-refractivity contribution in [2.75, 3.05) is 14.2 Å². The number of phenols is 3. The van der Waals surface area contributed by atoms with Crippen molar-refractivity contribution in [2.45, 2.75) is 6.61 Å². The van der Waals surface area contributed by atoms with E-state index < -0.39 is 0 Å². The summed E-state index contributed by atoms with van der Waals surface area (Å²) >= 11 is 0. The number of rotatable bonds is 5. The second kappa shape index (κ2) is 10.1. The molecule has 130 valence electrons. The molecular formula is C16H20NO7+. The first-order valence-corrected chi connectivity index (χ1v) is 6.74. The van der Waals surface area contributed by atoms with Crippen LogP contribution in [-0.2, 0) is 16.5 Å². The van der Waals surface area contributed by atoms with Crippen LogP contribution in [-0.4, -0.2) is 35.8 Å². The van der Waals surface area contributed by atoms with E-state index in [-0.39, 0.29) is 23.9 Å². The smallest absolute Gasteiger partial charge is 0.316 e. The average molecular weight is 338 g/mol. The van der Waals surface area contributed by atoms with Crippen LogP contribution in [0.25, 0.3) is 0 Å². The summed E-state index contributed by atoms with van der Waals surface area (Å²) in [5.41, 5.74) is 1.46. The van der Waals surface area contributed by atoms with Crippen molar-refractivity contribution in [3.05, 3.63) is 47.5 Å². The molecule has 0 aliphatic heterocycles. The van der Waals surface area contributed by atoms with Gasteiger partial charge in [0.25, 0.3) is 6.61 Å². The van der Waals surface area contributed by atoms with E-state index in [1.807, 2.05) is 0 Å². The zero-order valence-corrected chi connectivity index (χ0v) is 13.3. The number of methoxy groups -OCH3 is 1. The third-order valence-electron chi connectivity index (χ3n) is 2.81. The summed E-state index contributed by atoms with van der Waals surface area (Å²) < 4.78 is 10.4. The predicted molar refractivity (Wildman–Crippen MR) is 85.8 cm³/mol. The molecule has 0 amide bonds. The van der Waals surface area contributed by atoms with Gasteiger partial charge in [0.15, 0.2) is 23.0 Å². The van der Waals surface area contributed by atoms with E-state index >= 15 is 0 Å². The van der Waals surface area contributed by atoms with Gasteiger partial charge in [0.1, 0.15) is 0 Å². The van der Waals surface area contributed by atoms with Crippen LogP contribution in [0.5, 0.6) is 23.0 Å². The normalized spacial score (nSPS) is 10.3. The molecule has 2 aromatic rings. The van der Waals surface area contributed by atoms with Gasteiger partial charge in [0.2, 0.25) is 0 Å². The van der Waals surface area contributed by atoms with Gasteiger partial charge in [-0.15, -0.1) is 4.99 Å². The number of aldehydes is 1. The highest BCUT2D eigenvalue weighted by molar-refractivity contribution is 5.76. The number of nitrogens with two attached hydrogens (primary N) is 1. The maximum absolute atomic E-state index is 9.46. The van der Waals surface area contributed by atoms with Crippen LogP contribution < -0.4 is 10.6 Å². The second-order valence-electron chi connectivity index (χ2n) is 4.45. The molecule has 0 aliphatic carbocycles. The Hall–Kier alpha value is -2.81. The largest absolute Gasteiger partial charge is 0.504 e. The number of hydrogen-bond acceptors (Lipinski definition) is 7. The number of hydrogen-bond donors (Lipinski definition) is 4. The van der Waals surface area contributed by atoms with Crippen molar-refractivity contribution in [1.82, 2.24) is 0 Å². The minimum absolute atomic E-state index is 0.0631. The van der Waals surface area contributed by atoms with E-state index in [1.54, 1.807) is 18.2 Å². The molecule has 0 radical (unpaired) electrons. The maximum atomic E-state index is 9.46. The summed E-state index contributed by atoms with van der Waals surface area (Å²) in [4.78, 5) is 7.36. The van der Waals surface area contributed by atoms with Gasteiger partial charge < -0.3 is 20.1 Å². The molecule has 8 heteroatoms. The summed E-state index contributed by atoms with van der Waals surface area (Å²) in [6.07, 6.45) is 1.52. The van der Waals surface area contributed by atoms with Gasteiger partial charge >= 0.3 is 6.29 Å². The highest BCUT2D eigenvalue weighted by Gasteiger charge is 2.06. The summed E-state index contributed by atoms with van der Waals surface area (Å²) in [6.45, 7) is 0.247. The lowest BCUT2D eigenvalue weighted by Crippen LogP contribution is -1.93. The summed E-state index contributed by atoms with van der Waals surface area (Å²) in [7, 11) is 2.80. The standard InChI is InChI=1S/C15H14O5.CH5NO2/c1-19-15-7-11(3-5-13(15)17)9-20-8-10-2-4-12(16)14(18)6-10;1-3-4-2/h2-7,9H,8H2,1H3,(H2-,16,17,18);2H2,1H3/p+1. The van der Waals surface area contributed by atoms with E-state index in [4.69, 9.17) is 9.16 Å². The van der Waals surface area contributed by atoms with Crippen molar-refractivity contribution >= 4 is 6.29 Å². The van der Waals surface area contributed by atoms with Gasteiger partial charge in [0.05, 0.1) is 25.3 Å². The molecule has 5 N–H and O–H groups in total. The molecule has 0 spiro atoms. The van der Waals surface area contributed by atoms with Crippen molar-refractivity contribution in [2.24, 2.45) is 5.90 Å². The highest BCUT2D eigenvalue weighted by atomic mass is 17.3. The SMILES string of the molecule is COON.COc1cc(C=[O+]Cc2ccc(O)c(O)c2)ccc1O. The number of carbonyl (C=O) groups excluding carboxylic acids is 1. The van der Waals surface area contributed by atoms with Gasteiger partial charge in [-0.05, 0) is 36.4 Å². The minimum atomic E-state index is -0.183. The summed E-state index contributed by atoms with van der Waals surface area (Å²) in [6, 6.07) is 9.33. The predicted octanol–water partition coefficient (Wildman–Crippen LogP) is 1.80. The van der Waals surface area contributed by atoms with E-state index in [9.17, 15) is 15.3 Å². The fourth-order valence-electron chi connectivity index (χ4n) is 1.66. The molecule has 0 atom stereocenters. The van der Waals surface area contributed by atoms with Gasteiger partial charge in [-0.2, -0.15) is 5.90 Å². The average Bonchev–Trinajstić information content (AvgIpc) is 2.59. The Bertz CT molecular complexity index is 671. The third kappa shape index (κ3) is 6.13. The van der Waals surface area contributed by atoms with E-state index in [1.165, 1.54) is 38.7 Å². The van der Waals surface area contributed by atoms with Gasteiger partial charge in [-0.25, -0.2) is 4.89 Å². The number of phenolic OH excluding ortho intramolecular Hbond substituents is 3. The molecule has 0 aliphatic rings. The highest BCUT2D eigenvalue weighted by Crippen LogP contribution is 2.26.